The van der Waals surface area contributed by atoms with Crippen molar-refractivity contribution >= 4 is 17.5 Å². The van der Waals surface area contributed by atoms with E-state index in [2.05, 4.69) is 5.32 Å². The third kappa shape index (κ3) is 3.48. The predicted octanol–water partition coefficient (Wildman–Crippen LogP) is 4.19. The standard InChI is InChI=1S/C18H17ClFNO2/c1-10-6-17(22)14(8-15(10)19)13-7-11(2-5-16(13)20)9-21-18(23)12-3-4-12/h2,5-8,12,22H,3-4,9H2,1H3,(H,21,23). The third-order valence-electron chi connectivity index (χ3n) is 4.01. The summed E-state index contributed by atoms with van der Waals surface area (Å²) in [6, 6.07) is 7.65. The second kappa shape index (κ2) is 6.20. The van der Waals surface area contributed by atoms with Crippen LogP contribution >= 0.6 is 11.6 Å². The number of benzene rings is 2. The second-order valence-electron chi connectivity index (χ2n) is 5.92. The molecule has 0 radical (unpaired) electrons. The number of phenolic OH excluding ortho intramolecular Hbond substituents is 1. The number of nitrogens with one attached hydrogen (secondary N) is 1. The zero-order chi connectivity index (χ0) is 16.6. The normalized spacial score (nSPS) is 13.9. The number of amides is 1. The van der Waals surface area contributed by atoms with Crippen molar-refractivity contribution in [1.82, 2.24) is 5.32 Å². The molecule has 3 rings (SSSR count). The Morgan fingerprint density at radius 1 is 1.30 bits per heavy atom. The number of aryl methyl sites for hydroxylation is 1. The minimum atomic E-state index is -0.447. The molecule has 1 fully saturated rings. The number of halogens is 2. The number of rotatable bonds is 4. The van der Waals surface area contributed by atoms with Crippen LogP contribution in [0.25, 0.3) is 11.1 Å². The lowest BCUT2D eigenvalue weighted by molar-refractivity contribution is -0.122. The van der Waals surface area contributed by atoms with Crippen LogP contribution in [0.3, 0.4) is 0 Å². The number of hydrogen-bond donors (Lipinski definition) is 2. The van der Waals surface area contributed by atoms with Gasteiger partial charge in [0.15, 0.2) is 0 Å². The van der Waals surface area contributed by atoms with Gasteiger partial charge in [0.1, 0.15) is 11.6 Å². The van der Waals surface area contributed by atoms with Crippen molar-refractivity contribution in [3.05, 3.63) is 52.3 Å². The van der Waals surface area contributed by atoms with Crippen LogP contribution in [0.4, 0.5) is 4.39 Å². The molecule has 0 spiro atoms. The van der Waals surface area contributed by atoms with Crippen molar-refractivity contribution in [2.75, 3.05) is 0 Å². The van der Waals surface area contributed by atoms with Crippen molar-refractivity contribution in [3.8, 4) is 16.9 Å². The maximum atomic E-state index is 14.2. The highest BCUT2D eigenvalue weighted by Crippen LogP contribution is 2.35. The first kappa shape index (κ1) is 15.8. The van der Waals surface area contributed by atoms with E-state index in [4.69, 9.17) is 11.6 Å². The van der Waals surface area contributed by atoms with Crippen LogP contribution in [0.5, 0.6) is 5.75 Å². The van der Waals surface area contributed by atoms with E-state index in [1.54, 1.807) is 25.1 Å². The van der Waals surface area contributed by atoms with Crippen LogP contribution < -0.4 is 5.32 Å². The van der Waals surface area contributed by atoms with Gasteiger partial charge in [-0.1, -0.05) is 17.7 Å². The average Bonchev–Trinajstić information content (AvgIpc) is 3.35. The molecule has 0 bridgehead atoms. The summed E-state index contributed by atoms with van der Waals surface area (Å²) < 4.78 is 14.2. The molecule has 0 aromatic heterocycles. The Hall–Kier alpha value is -2.07. The molecule has 5 heteroatoms. The van der Waals surface area contributed by atoms with Crippen molar-refractivity contribution in [1.29, 1.82) is 0 Å². The zero-order valence-corrected chi connectivity index (χ0v) is 13.5. The lowest BCUT2D eigenvalue weighted by atomic mass is 10.00. The minimum Gasteiger partial charge on any atom is -0.507 e. The van der Waals surface area contributed by atoms with E-state index in [9.17, 15) is 14.3 Å². The van der Waals surface area contributed by atoms with Gasteiger partial charge in [0.25, 0.3) is 0 Å². The molecular formula is C18H17ClFNO2. The van der Waals surface area contributed by atoms with Gasteiger partial charge in [0.05, 0.1) is 0 Å². The van der Waals surface area contributed by atoms with Crippen molar-refractivity contribution in [3.63, 3.8) is 0 Å². The number of hydrogen-bond acceptors (Lipinski definition) is 2. The monoisotopic (exact) mass is 333 g/mol. The Kier molecular flexibility index (Phi) is 4.26. The van der Waals surface area contributed by atoms with Crippen LogP contribution in [0, 0.1) is 18.7 Å². The summed E-state index contributed by atoms with van der Waals surface area (Å²) in [6.07, 6.45) is 1.88. The van der Waals surface area contributed by atoms with Crippen LogP contribution in [-0.2, 0) is 11.3 Å². The van der Waals surface area contributed by atoms with E-state index >= 15 is 0 Å². The molecule has 0 heterocycles. The van der Waals surface area contributed by atoms with Gasteiger partial charge >= 0.3 is 0 Å². The topological polar surface area (TPSA) is 49.3 Å². The SMILES string of the molecule is Cc1cc(O)c(-c2cc(CNC(=O)C3CC3)ccc2F)cc1Cl. The lowest BCUT2D eigenvalue weighted by Gasteiger charge is -2.11. The number of aromatic hydroxyl groups is 1. The molecule has 120 valence electrons. The van der Waals surface area contributed by atoms with E-state index in [-0.39, 0.29) is 23.1 Å². The number of phenols is 1. The van der Waals surface area contributed by atoms with Crippen molar-refractivity contribution in [2.45, 2.75) is 26.3 Å². The molecule has 23 heavy (non-hydrogen) atoms. The quantitative estimate of drug-likeness (QED) is 0.881. The van der Waals surface area contributed by atoms with Gasteiger partial charge in [0, 0.05) is 28.6 Å². The fourth-order valence-corrected chi connectivity index (χ4v) is 2.61. The molecule has 0 saturated heterocycles. The van der Waals surface area contributed by atoms with Gasteiger partial charge in [-0.2, -0.15) is 0 Å². The average molecular weight is 334 g/mol. The first-order chi connectivity index (χ1) is 11.0. The fraction of sp³-hybridized carbons (Fsp3) is 0.278. The molecule has 2 aromatic carbocycles. The maximum Gasteiger partial charge on any atom is 0.223 e. The number of carbonyl (C=O) groups excluding carboxylic acids is 1. The fourth-order valence-electron chi connectivity index (χ4n) is 2.45. The number of carbonyl (C=O) groups is 1. The van der Waals surface area contributed by atoms with Gasteiger partial charge in [-0.3, -0.25) is 4.79 Å². The molecular weight excluding hydrogens is 317 g/mol. The molecule has 1 aliphatic carbocycles. The van der Waals surface area contributed by atoms with Gasteiger partial charge in [-0.15, -0.1) is 0 Å². The van der Waals surface area contributed by atoms with E-state index in [0.29, 0.717) is 17.1 Å². The third-order valence-corrected chi connectivity index (χ3v) is 4.42. The summed E-state index contributed by atoms with van der Waals surface area (Å²) >= 11 is 6.08. The minimum absolute atomic E-state index is 0.0232. The van der Waals surface area contributed by atoms with Crippen LogP contribution in [0.1, 0.15) is 24.0 Å². The molecule has 1 aliphatic rings. The Balaban J connectivity index is 1.88. The smallest absolute Gasteiger partial charge is 0.223 e. The molecule has 2 aromatic rings. The summed E-state index contributed by atoms with van der Waals surface area (Å²) in [6.45, 7) is 2.11. The predicted molar refractivity (Wildman–Crippen MR) is 87.8 cm³/mol. The Morgan fingerprint density at radius 3 is 2.74 bits per heavy atom. The van der Waals surface area contributed by atoms with Gasteiger partial charge < -0.3 is 10.4 Å². The molecule has 0 atom stereocenters. The van der Waals surface area contributed by atoms with Crippen LogP contribution in [0.15, 0.2) is 30.3 Å². The summed E-state index contributed by atoms with van der Waals surface area (Å²) in [5.74, 6) is -0.297. The van der Waals surface area contributed by atoms with E-state index in [0.717, 1.165) is 24.0 Å². The van der Waals surface area contributed by atoms with Gasteiger partial charge in [-0.25, -0.2) is 4.39 Å². The first-order valence-corrected chi connectivity index (χ1v) is 7.89. The van der Waals surface area contributed by atoms with Crippen molar-refractivity contribution in [2.24, 2.45) is 5.92 Å². The first-order valence-electron chi connectivity index (χ1n) is 7.51. The zero-order valence-electron chi connectivity index (χ0n) is 12.7. The highest BCUT2D eigenvalue weighted by Gasteiger charge is 2.29. The molecule has 1 amide bonds. The Morgan fingerprint density at radius 2 is 2.04 bits per heavy atom. The maximum absolute atomic E-state index is 14.2. The largest absolute Gasteiger partial charge is 0.507 e. The highest BCUT2D eigenvalue weighted by atomic mass is 35.5. The van der Waals surface area contributed by atoms with Gasteiger partial charge in [0.2, 0.25) is 5.91 Å². The summed E-state index contributed by atoms with van der Waals surface area (Å²) in [4.78, 5) is 11.7. The van der Waals surface area contributed by atoms with Crippen LogP contribution in [0.2, 0.25) is 5.02 Å². The second-order valence-corrected chi connectivity index (χ2v) is 6.33. The molecule has 0 unspecified atom stereocenters. The summed E-state index contributed by atoms with van der Waals surface area (Å²) in [7, 11) is 0. The Labute approximate surface area is 139 Å². The van der Waals surface area contributed by atoms with E-state index < -0.39 is 5.82 Å². The van der Waals surface area contributed by atoms with Crippen molar-refractivity contribution < 1.29 is 14.3 Å². The van der Waals surface area contributed by atoms with E-state index in [1.165, 1.54) is 12.1 Å². The van der Waals surface area contributed by atoms with Crippen LogP contribution in [-0.4, -0.2) is 11.0 Å². The highest BCUT2D eigenvalue weighted by molar-refractivity contribution is 6.31. The van der Waals surface area contributed by atoms with Gasteiger partial charge in [-0.05, 0) is 55.2 Å². The molecule has 3 nitrogen and oxygen atoms in total. The molecule has 0 aliphatic heterocycles. The molecule has 1 saturated carbocycles. The summed E-state index contributed by atoms with van der Waals surface area (Å²) in [5.41, 5.74) is 2.10. The van der Waals surface area contributed by atoms with E-state index in [1.807, 2.05) is 0 Å². The summed E-state index contributed by atoms with van der Waals surface area (Å²) in [5, 5.41) is 13.4. The Bertz CT molecular complexity index is 772. The lowest BCUT2D eigenvalue weighted by Crippen LogP contribution is -2.24. The molecule has 2 N–H and O–H groups in total.